The van der Waals surface area contributed by atoms with E-state index in [2.05, 4.69) is 4.99 Å². The van der Waals surface area contributed by atoms with Crippen LogP contribution in [-0.2, 0) is 26.1 Å². The molecular formula is C20H21Cl2N3O4S3. The topological polar surface area (TPSA) is 81.0 Å². The molecule has 0 bridgehead atoms. The maximum Gasteiger partial charge on any atom is 0.252 e. The molecule has 0 aliphatic carbocycles. The summed E-state index contributed by atoms with van der Waals surface area (Å²) < 4.78 is 35.9. The number of benzene rings is 1. The fourth-order valence-corrected chi connectivity index (χ4v) is 8.14. The highest BCUT2D eigenvalue weighted by molar-refractivity contribution is 7.91. The largest absolute Gasteiger partial charge is 0.383 e. The van der Waals surface area contributed by atoms with Crippen molar-refractivity contribution >= 4 is 72.0 Å². The van der Waals surface area contributed by atoms with Gasteiger partial charge in [-0.05, 0) is 43.2 Å². The zero-order valence-electron chi connectivity index (χ0n) is 17.2. The van der Waals surface area contributed by atoms with Crippen LogP contribution in [0.5, 0.6) is 0 Å². The van der Waals surface area contributed by atoms with Crippen molar-refractivity contribution in [2.24, 2.45) is 10.9 Å². The number of amides is 1. The van der Waals surface area contributed by atoms with Gasteiger partial charge in [0.05, 0.1) is 27.1 Å². The molecule has 1 saturated heterocycles. The van der Waals surface area contributed by atoms with Crippen molar-refractivity contribution in [3.05, 3.63) is 44.5 Å². The lowest BCUT2D eigenvalue weighted by Gasteiger charge is -2.29. The van der Waals surface area contributed by atoms with Crippen LogP contribution in [0, 0.1) is 5.92 Å². The molecule has 0 spiro atoms. The normalized spacial score (nSPS) is 18.5. The van der Waals surface area contributed by atoms with Gasteiger partial charge in [-0.2, -0.15) is 9.30 Å². The molecule has 0 N–H and O–H groups in total. The molecule has 1 aliphatic heterocycles. The SMILES string of the molecule is COCCn1c(=NC(=O)C2CCCN(S(=O)(=O)c3ccc(Cl)s3)C2)sc2cc(Cl)ccc21. The Bertz CT molecular complexity index is 1310. The smallest absolute Gasteiger partial charge is 0.252 e. The van der Waals surface area contributed by atoms with Gasteiger partial charge in [0.2, 0.25) is 0 Å². The van der Waals surface area contributed by atoms with Crippen LogP contribution in [0.1, 0.15) is 12.8 Å². The molecule has 2 aromatic heterocycles. The van der Waals surface area contributed by atoms with Crippen molar-refractivity contribution in [2.45, 2.75) is 23.6 Å². The third kappa shape index (κ3) is 4.96. The first kappa shape index (κ1) is 23.9. The van der Waals surface area contributed by atoms with Gasteiger partial charge in [-0.3, -0.25) is 4.79 Å². The average molecular weight is 535 g/mol. The van der Waals surface area contributed by atoms with Crippen LogP contribution < -0.4 is 4.80 Å². The molecule has 1 atom stereocenters. The van der Waals surface area contributed by atoms with Crippen molar-refractivity contribution in [1.29, 1.82) is 0 Å². The highest BCUT2D eigenvalue weighted by Crippen LogP contribution is 2.31. The zero-order chi connectivity index (χ0) is 22.9. The quantitative estimate of drug-likeness (QED) is 0.474. The van der Waals surface area contributed by atoms with E-state index < -0.39 is 15.9 Å². The first-order valence-electron chi connectivity index (χ1n) is 9.91. The number of nitrogens with zero attached hydrogens (tertiary/aromatic N) is 3. The molecule has 32 heavy (non-hydrogen) atoms. The molecule has 0 radical (unpaired) electrons. The van der Waals surface area contributed by atoms with Gasteiger partial charge < -0.3 is 9.30 Å². The number of rotatable bonds is 6. The third-order valence-corrected chi connectivity index (χ3v) is 10.1. The fraction of sp³-hybridized carbons (Fsp3) is 0.400. The number of piperidine rings is 1. The number of carbonyl (C=O) groups is 1. The number of thiazole rings is 1. The maximum atomic E-state index is 13.1. The van der Waals surface area contributed by atoms with Crippen molar-refractivity contribution < 1.29 is 17.9 Å². The summed E-state index contributed by atoms with van der Waals surface area (Å²) in [4.78, 5) is 18.0. The molecule has 7 nitrogen and oxygen atoms in total. The predicted molar refractivity (Wildman–Crippen MR) is 128 cm³/mol. The Labute approximate surface area is 203 Å². The van der Waals surface area contributed by atoms with Gasteiger partial charge in [-0.15, -0.1) is 11.3 Å². The maximum absolute atomic E-state index is 13.1. The van der Waals surface area contributed by atoms with Crippen LogP contribution in [0.4, 0.5) is 0 Å². The molecule has 1 aliphatic rings. The van der Waals surface area contributed by atoms with E-state index in [9.17, 15) is 13.2 Å². The summed E-state index contributed by atoms with van der Waals surface area (Å²) in [5.74, 6) is -0.823. The standard InChI is InChI=1S/C20H21Cl2N3O4S3/c1-29-10-9-25-15-5-4-14(21)11-16(15)30-20(25)23-19(26)13-3-2-8-24(12-13)32(27,28)18-7-6-17(22)31-18/h4-7,11,13H,2-3,8-10,12H2,1H3. The number of thiophene rings is 1. The third-order valence-electron chi connectivity index (χ3n) is 5.25. The van der Waals surface area contributed by atoms with Gasteiger partial charge in [0.15, 0.2) is 4.80 Å². The molecule has 1 aromatic carbocycles. The molecule has 3 aromatic rings. The summed E-state index contributed by atoms with van der Waals surface area (Å²) in [5.41, 5.74) is 0.922. The molecule has 1 amide bonds. The summed E-state index contributed by atoms with van der Waals surface area (Å²) in [6, 6.07) is 8.60. The van der Waals surface area contributed by atoms with Crippen molar-refractivity contribution in [3.8, 4) is 0 Å². The van der Waals surface area contributed by atoms with Gasteiger partial charge in [-0.25, -0.2) is 8.42 Å². The number of aromatic nitrogens is 1. The van der Waals surface area contributed by atoms with Gasteiger partial charge in [0.25, 0.3) is 15.9 Å². The second kappa shape index (κ2) is 9.92. The second-order valence-electron chi connectivity index (χ2n) is 7.35. The summed E-state index contributed by atoms with van der Waals surface area (Å²) in [6.07, 6.45) is 1.18. The molecular weight excluding hydrogens is 513 g/mol. The predicted octanol–water partition coefficient (Wildman–Crippen LogP) is 4.25. The summed E-state index contributed by atoms with van der Waals surface area (Å²) >= 11 is 14.4. The van der Waals surface area contributed by atoms with E-state index in [1.807, 2.05) is 16.7 Å². The monoisotopic (exact) mass is 533 g/mol. The number of ether oxygens (including phenoxy) is 1. The van der Waals surface area contributed by atoms with E-state index in [0.29, 0.717) is 46.7 Å². The number of hydrogen-bond acceptors (Lipinski definition) is 6. The van der Waals surface area contributed by atoms with Crippen LogP contribution in [0.3, 0.4) is 0 Å². The number of fused-ring (bicyclic) bond motifs is 1. The van der Waals surface area contributed by atoms with Crippen LogP contribution >= 0.6 is 45.9 Å². The first-order chi connectivity index (χ1) is 15.3. The number of carbonyl (C=O) groups excluding carboxylic acids is 1. The minimum atomic E-state index is -3.69. The van der Waals surface area contributed by atoms with Crippen molar-refractivity contribution in [2.75, 3.05) is 26.8 Å². The molecule has 172 valence electrons. The second-order valence-corrected chi connectivity index (χ2v) is 12.7. The molecule has 12 heteroatoms. The minimum absolute atomic E-state index is 0.106. The lowest BCUT2D eigenvalue weighted by atomic mass is 9.99. The van der Waals surface area contributed by atoms with Gasteiger partial charge >= 0.3 is 0 Å². The Morgan fingerprint density at radius 3 is 2.78 bits per heavy atom. The van der Waals surface area contributed by atoms with Crippen LogP contribution in [0.25, 0.3) is 10.2 Å². The molecule has 3 heterocycles. The Kier molecular flexibility index (Phi) is 7.40. The summed E-state index contributed by atoms with van der Waals surface area (Å²) in [5, 5.41) is 0.609. The first-order valence-corrected chi connectivity index (χ1v) is 13.7. The Morgan fingerprint density at radius 1 is 1.25 bits per heavy atom. The van der Waals surface area contributed by atoms with Crippen molar-refractivity contribution in [3.63, 3.8) is 0 Å². The lowest BCUT2D eigenvalue weighted by molar-refractivity contribution is -0.122. The minimum Gasteiger partial charge on any atom is -0.383 e. The summed E-state index contributed by atoms with van der Waals surface area (Å²) in [7, 11) is -2.07. The summed E-state index contributed by atoms with van der Waals surface area (Å²) in [6.45, 7) is 1.48. The molecule has 0 saturated carbocycles. The fourth-order valence-electron chi connectivity index (χ4n) is 3.64. The number of methoxy groups -OCH3 is 1. The van der Waals surface area contributed by atoms with E-state index in [1.165, 1.54) is 21.7 Å². The Morgan fingerprint density at radius 2 is 2.06 bits per heavy atom. The van der Waals surface area contributed by atoms with Crippen LogP contribution in [0.2, 0.25) is 9.36 Å². The van der Waals surface area contributed by atoms with E-state index in [4.69, 9.17) is 27.9 Å². The van der Waals surface area contributed by atoms with Crippen LogP contribution in [-0.4, -0.2) is 50.0 Å². The van der Waals surface area contributed by atoms with Crippen molar-refractivity contribution in [1.82, 2.24) is 8.87 Å². The van der Waals surface area contributed by atoms with E-state index in [1.54, 1.807) is 19.2 Å². The van der Waals surface area contributed by atoms with E-state index in [-0.39, 0.29) is 16.7 Å². The van der Waals surface area contributed by atoms with Crippen LogP contribution in [0.15, 0.2) is 39.5 Å². The zero-order valence-corrected chi connectivity index (χ0v) is 21.1. The van der Waals surface area contributed by atoms with Gasteiger partial charge in [0, 0.05) is 31.8 Å². The van der Waals surface area contributed by atoms with E-state index in [0.717, 1.165) is 21.6 Å². The number of halogens is 2. The van der Waals surface area contributed by atoms with Gasteiger partial charge in [-0.1, -0.05) is 34.5 Å². The Balaban J connectivity index is 1.62. The molecule has 1 unspecified atom stereocenters. The highest BCUT2D eigenvalue weighted by Gasteiger charge is 2.34. The number of hydrogen-bond donors (Lipinski definition) is 0. The molecule has 1 fully saturated rings. The lowest BCUT2D eigenvalue weighted by Crippen LogP contribution is -2.42. The van der Waals surface area contributed by atoms with Gasteiger partial charge in [0.1, 0.15) is 4.21 Å². The average Bonchev–Trinajstić information content (AvgIpc) is 3.35. The number of sulfonamides is 1. The highest BCUT2D eigenvalue weighted by atomic mass is 35.5. The Hall–Kier alpha value is -1.27. The van der Waals surface area contributed by atoms with E-state index >= 15 is 0 Å². The molecule has 4 rings (SSSR count).